The van der Waals surface area contributed by atoms with Crippen LogP contribution in [0.15, 0.2) is 17.1 Å². The van der Waals surface area contributed by atoms with E-state index in [-0.39, 0.29) is 34.1 Å². The molecule has 0 spiro atoms. The quantitative estimate of drug-likeness (QED) is 0.630. The standard InChI is InChI=1S/C18H20FN3O5/c1-10-9-27-17-14-11(16(23)12(18(24)25)8-21(10)14)7-13(19)15(17)20-3-5-22(2,26)6-4-20/h7-8,10H,3-6,9H2,1-2H3,(H,24,25)/t10-/m0/s1. The van der Waals surface area contributed by atoms with Crippen molar-refractivity contribution in [2.75, 3.05) is 44.7 Å². The molecule has 27 heavy (non-hydrogen) atoms. The SMILES string of the molecule is C[C@H]1COc2c(N3CC[N+](C)([O-])CC3)c(F)cc3c(=O)c(C(=O)O)cn1c23. The van der Waals surface area contributed by atoms with Crippen LogP contribution in [0, 0.1) is 11.0 Å². The molecule has 0 amide bonds. The molecule has 1 atom stereocenters. The fourth-order valence-corrected chi connectivity index (χ4v) is 3.77. The van der Waals surface area contributed by atoms with Crippen molar-refractivity contribution in [3.63, 3.8) is 0 Å². The summed E-state index contributed by atoms with van der Waals surface area (Å²) in [5.74, 6) is -1.77. The van der Waals surface area contributed by atoms with Crippen LogP contribution in [-0.4, -0.2) is 60.1 Å². The zero-order chi connectivity index (χ0) is 19.5. The molecule has 4 rings (SSSR count). The van der Waals surface area contributed by atoms with Crippen molar-refractivity contribution >= 4 is 22.6 Å². The van der Waals surface area contributed by atoms with Crippen LogP contribution in [0.25, 0.3) is 10.9 Å². The number of hydrogen-bond donors (Lipinski definition) is 1. The van der Waals surface area contributed by atoms with Crippen molar-refractivity contribution < 1.29 is 23.7 Å². The largest absolute Gasteiger partial charge is 0.633 e. The highest BCUT2D eigenvalue weighted by molar-refractivity contribution is 5.97. The van der Waals surface area contributed by atoms with E-state index >= 15 is 4.39 Å². The number of anilines is 1. The number of aromatic carboxylic acids is 1. The molecule has 1 fully saturated rings. The Bertz CT molecular complexity index is 1010. The lowest BCUT2D eigenvalue weighted by atomic mass is 10.1. The Labute approximate surface area is 154 Å². The van der Waals surface area contributed by atoms with E-state index < -0.39 is 22.8 Å². The van der Waals surface area contributed by atoms with Gasteiger partial charge in [-0.05, 0) is 13.0 Å². The number of quaternary nitrogens is 1. The molecule has 8 nitrogen and oxygen atoms in total. The van der Waals surface area contributed by atoms with E-state index in [1.807, 2.05) is 6.92 Å². The van der Waals surface area contributed by atoms with Crippen LogP contribution in [0.5, 0.6) is 5.75 Å². The number of carboxylic acid groups (broad SMARTS) is 1. The van der Waals surface area contributed by atoms with Gasteiger partial charge in [-0.1, -0.05) is 0 Å². The highest BCUT2D eigenvalue weighted by Crippen LogP contribution is 2.42. The zero-order valence-corrected chi connectivity index (χ0v) is 15.1. The maximum atomic E-state index is 15.0. The fourth-order valence-electron chi connectivity index (χ4n) is 3.77. The van der Waals surface area contributed by atoms with Gasteiger partial charge in [-0.3, -0.25) is 4.79 Å². The molecule has 2 aromatic rings. The summed E-state index contributed by atoms with van der Waals surface area (Å²) in [6.45, 7) is 3.43. The van der Waals surface area contributed by atoms with Gasteiger partial charge in [0.2, 0.25) is 5.43 Å². The van der Waals surface area contributed by atoms with Crippen LogP contribution >= 0.6 is 0 Å². The smallest absolute Gasteiger partial charge is 0.341 e. The van der Waals surface area contributed by atoms with Crippen molar-refractivity contribution in [3.05, 3.63) is 39.1 Å². The molecule has 144 valence electrons. The molecule has 1 aromatic heterocycles. The summed E-state index contributed by atoms with van der Waals surface area (Å²) in [4.78, 5) is 25.8. The van der Waals surface area contributed by atoms with Gasteiger partial charge in [-0.25, -0.2) is 9.18 Å². The van der Waals surface area contributed by atoms with E-state index in [0.29, 0.717) is 31.7 Å². The van der Waals surface area contributed by atoms with Gasteiger partial charge in [0.1, 0.15) is 17.9 Å². The highest BCUT2D eigenvalue weighted by atomic mass is 19.1. The van der Waals surface area contributed by atoms with Gasteiger partial charge in [-0.15, -0.1) is 0 Å². The predicted octanol–water partition coefficient (Wildman–Crippen LogP) is 1.56. The third-order valence-electron chi connectivity index (χ3n) is 5.37. The minimum absolute atomic E-state index is 0.0147. The number of likely N-dealkylation sites (N-methyl/N-ethyl adjacent to an activating group) is 1. The molecule has 0 saturated carbocycles. The minimum atomic E-state index is -1.35. The van der Waals surface area contributed by atoms with Gasteiger partial charge in [0.05, 0.1) is 50.2 Å². The van der Waals surface area contributed by atoms with E-state index in [1.54, 1.807) is 16.5 Å². The maximum Gasteiger partial charge on any atom is 0.341 e. The Morgan fingerprint density at radius 3 is 2.70 bits per heavy atom. The van der Waals surface area contributed by atoms with Gasteiger partial charge < -0.3 is 29.2 Å². The highest BCUT2D eigenvalue weighted by Gasteiger charge is 2.32. The van der Waals surface area contributed by atoms with Crippen LogP contribution < -0.4 is 15.1 Å². The molecule has 0 bridgehead atoms. The number of pyridine rings is 1. The number of benzene rings is 1. The number of hydrogen-bond acceptors (Lipinski definition) is 5. The summed E-state index contributed by atoms with van der Waals surface area (Å²) in [6.07, 6.45) is 1.30. The first-order valence-corrected chi connectivity index (χ1v) is 8.77. The van der Waals surface area contributed by atoms with E-state index in [9.17, 15) is 19.9 Å². The molecule has 3 heterocycles. The number of hydroxylamine groups is 3. The summed E-state index contributed by atoms with van der Waals surface area (Å²) in [7, 11) is 1.58. The fraction of sp³-hybridized carbons (Fsp3) is 0.444. The number of ether oxygens (including phenoxy) is 1. The van der Waals surface area contributed by atoms with Crippen LogP contribution in [0.1, 0.15) is 23.3 Å². The monoisotopic (exact) mass is 377 g/mol. The van der Waals surface area contributed by atoms with Gasteiger partial charge in [-0.2, -0.15) is 0 Å². The van der Waals surface area contributed by atoms with Crippen LogP contribution in [0.3, 0.4) is 0 Å². The average molecular weight is 377 g/mol. The number of carboxylic acids is 1. The third kappa shape index (κ3) is 2.74. The van der Waals surface area contributed by atoms with Gasteiger partial charge in [0, 0.05) is 6.20 Å². The van der Waals surface area contributed by atoms with Crippen molar-refractivity contribution in [1.82, 2.24) is 4.57 Å². The lowest BCUT2D eigenvalue weighted by Gasteiger charge is -2.46. The number of nitrogens with zero attached hydrogens (tertiary/aromatic N) is 3. The van der Waals surface area contributed by atoms with Crippen molar-refractivity contribution in [1.29, 1.82) is 0 Å². The molecule has 1 N–H and O–H groups in total. The Balaban J connectivity index is 1.97. The van der Waals surface area contributed by atoms with E-state index in [2.05, 4.69) is 0 Å². The lowest BCUT2D eigenvalue weighted by molar-refractivity contribution is -0.861. The van der Waals surface area contributed by atoms with E-state index in [1.165, 1.54) is 6.20 Å². The molecule has 1 aromatic carbocycles. The second-order valence-electron chi connectivity index (χ2n) is 7.41. The first-order chi connectivity index (χ1) is 12.7. The van der Waals surface area contributed by atoms with E-state index in [4.69, 9.17) is 4.74 Å². The van der Waals surface area contributed by atoms with Crippen LogP contribution in [0.2, 0.25) is 0 Å². The molecule has 0 radical (unpaired) electrons. The Morgan fingerprint density at radius 2 is 2.07 bits per heavy atom. The predicted molar refractivity (Wildman–Crippen MR) is 96.8 cm³/mol. The number of carbonyl (C=O) groups is 1. The number of rotatable bonds is 2. The van der Waals surface area contributed by atoms with Gasteiger partial charge in [0.25, 0.3) is 0 Å². The van der Waals surface area contributed by atoms with Crippen molar-refractivity contribution in [2.45, 2.75) is 13.0 Å². The number of piperazine rings is 1. The molecule has 0 aliphatic carbocycles. The third-order valence-corrected chi connectivity index (χ3v) is 5.37. The van der Waals surface area contributed by atoms with Crippen LogP contribution in [-0.2, 0) is 0 Å². The first-order valence-electron chi connectivity index (χ1n) is 8.77. The Morgan fingerprint density at radius 1 is 1.41 bits per heavy atom. The molecular formula is C18H20FN3O5. The second kappa shape index (κ2) is 5.93. The Kier molecular flexibility index (Phi) is 3.90. The van der Waals surface area contributed by atoms with Crippen molar-refractivity contribution in [2.24, 2.45) is 0 Å². The first kappa shape index (κ1) is 17.7. The lowest BCUT2D eigenvalue weighted by Crippen LogP contribution is -2.54. The number of halogens is 1. The van der Waals surface area contributed by atoms with Crippen molar-refractivity contribution in [3.8, 4) is 5.75 Å². The van der Waals surface area contributed by atoms with Crippen LogP contribution in [0.4, 0.5) is 10.1 Å². The average Bonchev–Trinajstić information content (AvgIpc) is 2.60. The molecule has 1 saturated heterocycles. The Hall–Kier alpha value is -2.65. The normalized spacial score (nSPS) is 21.2. The van der Waals surface area contributed by atoms with Gasteiger partial charge in [0.15, 0.2) is 11.6 Å². The summed E-state index contributed by atoms with van der Waals surface area (Å²) < 4.78 is 22.1. The molecule has 0 unspecified atom stereocenters. The summed E-state index contributed by atoms with van der Waals surface area (Å²) in [5.41, 5.74) is -0.511. The molecular weight excluding hydrogens is 357 g/mol. The minimum Gasteiger partial charge on any atom is -0.633 e. The second-order valence-corrected chi connectivity index (χ2v) is 7.41. The van der Waals surface area contributed by atoms with E-state index in [0.717, 1.165) is 6.07 Å². The summed E-state index contributed by atoms with van der Waals surface area (Å²) >= 11 is 0. The molecule has 9 heteroatoms. The van der Waals surface area contributed by atoms with Gasteiger partial charge >= 0.3 is 5.97 Å². The maximum absolute atomic E-state index is 15.0. The molecule has 2 aliphatic heterocycles. The summed E-state index contributed by atoms with van der Waals surface area (Å²) in [6, 6.07) is 0.876. The zero-order valence-electron chi connectivity index (χ0n) is 15.1. The molecule has 2 aliphatic rings. The topological polar surface area (TPSA) is 94.8 Å². The summed E-state index contributed by atoms with van der Waals surface area (Å²) in [5, 5.41) is 21.4. The number of aromatic nitrogens is 1.